The van der Waals surface area contributed by atoms with E-state index in [-0.39, 0.29) is 12.4 Å². The highest BCUT2D eigenvalue weighted by atomic mass is 35.5. The Morgan fingerprint density at radius 3 is 2.83 bits per heavy atom. The molecule has 0 saturated heterocycles. The fourth-order valence-electron chi connectivity index (χ4n) is 1.12. The molecule has 0 saturated carbocycles. The summed E-state index contributed by atoms with van der Waals surface area (Å²) < 4.78 is 1.90. The van der Waals surface area contributed by atoms with Crippen LogP contribution in [0.2, 0.25) is 0 Å². The molecule has 1 heterocycles. The molecule has 2 rings (SSSR count). The van der Waals surface area contributed by atoms with E-state index in [2.05, 4.69) is 11.6 Å². The normalized spacial score (nSPS) is 9.33. The molecule has 0 bridgehead atoms. The first-order chi connectivity index (χ1) is 5.42. The van der Waals surface area contributed by atoms with Crippen LogP contribution < -0.4 is 0 Å². The molecular formula is C9H9ClN2. The van der Waals surface area contributed by atoms with Crippen molar-refractivity contribution < 1.29 is 0 Å². The third-order valence-electron chi connectivity index (χ3n) is 1.68. The summed E-state index contributed by atoms with van der Waals surface area (Å²) in [6, 6.07) is 7.96. The van der Waals surface area contributed by atoms with Crippen LogP contribution in [-0.4, -0.2) is 9.55 Å². The molecule has 62 valence electrons. The lowest BCUT2D eigenvalue weighted by atomic mass is 10.3. The second-order valence-electron chi connectivity index (χ2n) is 2.32. The summed E-state index contributed by atoms with van der Waals surface area (Å²) in [6.07, 6.45) is 3.51. The molecule has 0 amide bonds. The number of benzene rings is 1. The SMILES string of the molecule is C=Cn1cnc2ccccc21.Cl. The summed E-state index contributed by atoms with van der Waals surface area (Å²) in [6.45, 7) is 3.68. The van der Waals surface area contributed by atoms with E-state index in [1.165, 1.54) is 0 Å². The molecule has 2 aromatic rings. The lowest BCUT2D eigenvalue weighted by Gasteiger charge is -1.91. The van der Waals surface area contributed by atoms with E-state index in [0.717, 1.165) is 11.0 Å². The predicted octanol–water partition coefficient (Wildman–Crippen LogP) is 2.56. The quantitative estimate of drug-likeness (QED) is 0.660. The van der Waals surface area contributed by atoms with Gasteiger partial charge in [-0.3, -0.25) is 0 Å². The minimum Gasteiger partial charge on any atom is -0.306 e. The number of fused-ring (bicyclic) bond motifs is 1. The molecule has 1 aromatic heterocycles. The van der Waals surface area contributed by atoms with Crippen molar-refractivity contribution in [3.63, 3.8) is 0 Å². The number of nitrogens with zero attached hydrogens (tertiary/aromatic N) is 2. The Morgan fingerprint density at radius 2 is 2.08 bits per heavy atom. The monoisotopic (exact) mass is 180 g/mol. The van der Waals surface area contributed by atoms with Gasteiger partial charge in [0.25, 0.3) is 0 Å². The zero-order chi connectivity index (χ0) is 7.68. The van der Waals surface area contributed by atoms with Gasteiger partial charge >= 0.3 is 0 Å². The molecule has 0 unspecified atom stereocenters. The molecule has 0 spiro atoms. The van der Waals surface area contributed by atoms with Crippen molar-refractivity contribution in [2.45, 2.75) is 0 Å². The number of hydrogen-bond acceptors (Lipinski definition) is 1. The molecule has 12 heavy (non-hydrogen) atoms. The van der Waals surface area contributed by atoms with E-state index in [1.807, 2.05) is 28.8 Å². The fraction of sp³-hybridized carbons (Fsp3) is 0. The highest BCUT2D eigenvalue weighted by Gasteiger charge is 1.95. The molecule has 0 aliphatic carbocycles. The minimum absolute atomic E-state index is 0. The van der Waals surface area contributed by atoms with E-state index in [1.54, 1.807) is 12.5 Å². The Labute approximate surface area is 76.9 Å². The molecular weight excluding hydrogens is 172 g/mol. The molecule has 0 radical (unpaired) electrons. The average molecular weight is 181 g/mol. The summed E-state index contributed by atoms with van der Waals surface area (Å²) in [7, 11) is 0. The Bertz CT molecular complexity index is 392. The molecule has 3 heteroatoms. The molecule has 0 atom stereocenters. The number of halogens is 1. The third kappa shape index (κ3) is 1.21. The summed E-state index contributed by atoms with van der Waals surface area (Å²) in [5.41, 5.74) is 2.11. The molecule has 0 aliphatic heterocycles. The van der Waals surface area contributed by atoms with Gasteiger partial charge < -0.3 is 4.57 Å². The van der Waals surface area contributed by atoms with E-state index in [9.17, 15) is 0 Å². The number of aromatic nitrogens is 2. The molecule has 2 nitrogen and oxygen atoms in total. The Kier molecular flexibility index (Phi) is 2.51. The van der Waals surface area contributed by atoms with Gasteiger partial charge in [-0.2, -0.15) is 0 Å². The summed E-state index contributed by atoms with van der Waals surface area (Å²) in [4.78, 5) is 4.18. The van der Waals surface area contributed by atoms with Gasteiger partial charge in [0.1, 0.15) is 0 Å². The topological polar surface area (TPSA) is 17.8 Å². The van der Waals surface area contributed by atoms with E-state index >= 15 is 0 Å². The van der Waals surface area contributed by atoms with Crippen molar-refractivity contribution in [1.29, 1.82) is 0 Å². The van der Waals surface area contributed by atoms with Gasteiger partial charge in [-0.15, -0.1) is 12.4 Å². The third-order valence-corrected chi connectivity index (χ3v) is 1.68. The van der Waals surface area contributed by atoms with Gasteiger partial charge in [0.15, 0.2) is 0 Å². The average Bonchev–Trinajstić information content (AvgIpc) is 2.47. The van der Waals surface area contributed by atoms with Crippen LogP contribution in [-0.2, 0) is 0 Å². The summed E-state index contributed by atoms with van der Waals surface area (Å²) in [5.74, 6) is 0. The van der Waals surface area contributed by atoms with Crippen LogP contribution in [0.5, 0.6) is 0 Å². The van der Waals surface area contributed by atoms with Gasteiger partial charge in [-0.05, 0) is 12.1 Å². The van der Waals surface area contributed by atoms with E-state index < -0.39 is 0 Å². The standard InChI is InChI=1S/C9H8N2.ClH/c1-2-11-7-10-8-5-3-4-6-9(8)11;/h2-7H,1H2;1H. The predicted molar refractivity (Wildman–Crippen MR) is 53.4 cm³/mol. The van der Waals surface area contributed by atoms with Crippen LogP contribution >= 0.6 is 12.4 Å². The number of hydrogen-bond donors (Lipinski definition) is 0. The van der Waals surface area contributed by atoms with Crippen molar-refractivity contribution in [2.24, 2.45) is 0 Å². The summed E-state index contributed by atoms with van der Waals surface area (Å²) >= 11 is 0. The van der Waals surface area contributed by atoms with Gasteiger partial charge in [-0.1, -0.05) is 18.7 Å². The number of para-hydroxylation sites is 2. The van der Waals surface area contributed by atoms with Crippen molar-refractivity contribution in [1.82, 2.24) is 9.55 Å². The zero-order valence-electron chi connectivity index (χ0n) is 6.47. The van der Waals surface area contributed by atoms with Crippen LogP contribution in [0, 0.1) is 0 Å². The fourth-order valence-corrected chi connectivity index (χ4v) is 1.12. The van der Waals surface area contributed by atoms with Crippen molar-refractivity contribution in [3.05, 3.63) is 37.2 Å². The number of rotatable bonds is 1. The maximum atomic E-state index is 4.18. The van der Waals surface area contributed by atoms with E-state index in [0.29, 0.717) is 0 Å². The first-order valence-corrected chi connectivity index (χ1v) is 3.46. The van der Waals surface area contributed by atoms with Crippen LogP contribution in [0.1, 0.15) is 0 Å². The molecule has 1 aromatic carbocycles. The lowest BCUT2D eigenvalue weighted by molar-refractivity contribution is 1.18. The lowest BCUT2D eigenvalue weighted by Crippen LogP contribution is -1.79. The summed E-state index contributed by atoms with van der Waals surface area (Å²) in [5, 5.41) is 0. The maximum Gasteiger partial charge on any atom is 0.0999 e. The van der Waals surface area contributed by atoms with Crippen LogP contribution in [0.3, 0.4) is 0 Å². The number of imidazole rings is 1. The minimum atomic E-state index is 0. The first-order valence-electron chi connectivity index (χ1n) is 3.46. The van der Waals surface area contributed by atoms with Crippen molar-refractivity contribution in [2.75, 3.05) is 0 Å². The zero-order valence-corrected chi connectivity index (χ0v) is 7.29. The van der Waals surface area contributed by atoms with Crippen LogP contribution in [0.25, 0.3) is 17.2 Å². The van der Waals surface area contributed by atoms with Gasteiger partial charge in [0.2, 0.25) is 0 Å². The second kappa shape index (κ2) is 3.41. The Morgan fingerprint density at radius 1 is 1.33 bits per heavy atom. The van der Waals surface area contributed by atoms with Crippen molar-refractivity contribution in [3.8, 4) is 0 Å². The van der Waals surface area contributed by atoms with Crippen molar-refractivity contribution >= 4 is 29.6 Å². The maximum absolute atomic E-state index is 4.18. The highest BCUT2D eigenvalue weighted by Crippen LogP contribution is 2.10. The van der Waals surface area contributed by atoms with E-state index in [4.69, 9.17) is 0 Å². The molecule has 0 fully saturated rings. The Hall–Kier alpha value is -1.28. The van der Waals surface area contributed by atoms with Crippen LogP contribution in [0.15, 0.2) is 37.2 Å². The smallest absolute Gasteiger partial charge is 0.0999 e. The first kappa shape index (κ1) is 8.81. The molecule has 0 aliphatic rings. The van der Waals surface area contributed by atoms with Gasteiger partial charge in [0.05, 0.1) is 17.4 Å². The Balaban J connectivity index is 0.000000720. The van der Waals surface area contributed by atoms with Gasteiger partial charge in [0, 0.05) is 6.20 Å². The van der Waals surface area contributed by atoms with Crippen LogP contribution in [0.4, 0.5) is 0 Å². The van der Waals surface area contributed by atoms with Gasteiger partial charge in [-0.25, -0.2) is 4.98 Å². The highest BCUT2D eigenvalue weighted by molar-refractivity contribution is 5.85. The second-order valence-corrected chi connectivity index (χ2v) is 2.32. The molecule has 0 N–H and O–H groups in total. The largest absolute Gasteiger partial charge is 0.306 e.